The van der Waals surface area contributed by atoms with E-state index >= 15 is 0 Å². The van der Waals surface area contributed by atoms with E-state index < -0.39 is 28.5 Å². The van der Waals surface area contributed by atoms with Crippen LogP contribution >= 0.6 is 0 Å². The second kappa shape index (κ2) is 15.4. The molecule has 0 saturated carbocycles. The van der Waals surface area contributed by atoms with Crippen molar-refractivity contribution in [2.45, 2.75) is 51.6 Å². The second-order valence-electron chi connectivity index (χ2n) is 11.2. The number of para-hydroxylation sites is 1. The van der Waals surface area contributed by atoms with E-state index in [1.54, 1.807) is 42.5 Å². The standard InChI is InChI=1S/C36H41N3O5S/c1-5-34(36(41)37-24-27(2)3)38(25-29-15-13-12-14-28(29)4)35(40)26-39(45(42,43)33-18-10-7-11-19-33)30-20-22-32(23-21-30)44-31-16-8-6-9-17-31/h6-23,27,34H,5,24-26H2,1-4H3,(H,37,41). The van der Waals surface area contributed by atoms with Crippen LogP contribution in [0.5, 0.6) is 11.5 Å². The first-order valence-electron chi connectivity index (χ1n) is 15.1. The van der Waals surface area contributed by atoms with Crippen molar-refractivity contribution in [3.8, 4) is 11.5 Å². The van der Waals surface area contributed by atoms with Crippen molar-refractivity contribution in [2.24, 2.45) is 5.92 Å². The van der Waals surface area contributed by atoms with Crippen molar-refractivity contribution in [2.75, 3.05) is 17.4 Å². The van der Waals surface area contributed by atoms with Crippen LogP contribution in [-0.4, -0.2) is 44.3 Å². The summed E-state index contributed by atoms with van der Waals surface area (Å²) < 4.78 is 35.2. The molecule has 2 amide bonds. The van der Waals surface area contributed by atoms with Gasteiger partial charge >= 0.3 is 0 Å². The SMILES string of the molecule is CCC(C(=O)NCC(C)C)N(Cc1ccccc1C)C(=O)CN(c1ccc(Oc2ccccc2)cc1)S(=O)(=O)c1ccccc1. The molecule has 0 aromatic heterocycles. The predicted molar refractivity (Wildman–Crippen MR) is 178 cm³/mol. The van der Waals surface area contributed by atoms with E-state index in [9.17, 15) is 18.0 Å². The topological polar surface area (TPSA) is 96.0 Å². The monoisotopic (exact) mass is 627 g/mol. The molecule has 8 nitrogen and oxygen atoms in total. The first kappa shape index (κ1) is 33.3. The molecule has 0 aliphatic carbocycles. The lowest BCUT2D eigenvalue weighted by molar-refractivity contribution is -0.140. The average molecular weight is 628 g/mol. The van der Waals surface area contributed by atoms with Crippen molar-refractivity contribution >= 4 is 27.5 Å². The zero-order chi connectivity index (χ0) is 32.4. The molecule has 45 heavy (non-hydrogen) atoms. The van der Waals surface area contributed by atoms with Crippen molar-refractivity contribution in [3.63, 3.8) is 0 Å². The third kappa shape index (κ3) is 8.73. The minimum absolute atomic E-state index is 0.0505. The van der Waals surface area contributed by atoms with Gasteiger partial charge in [0.25, 0.3) is 10.0 Å². The summed E-state index contributed by atoms with van der Waals surface area (Å²) in [5.41, 5.74) is 2.14. The van der Waals surface area contributed by atoms with E-state index in [2.05, 4.69) is 5.32 Å². The van der Waals surface area contributed by atoms with Crippen LogP contribution in [0.25, 0.3) is 0 Å². The molecule has 0 heterocycles. The van der Waals surface area contributed by atoms with E-state index in [1.165, 1.54) is 17.0 Å². The van der Waals surface area contributed by atoms with Crippen LogP contribution in [0.2, 0.25) is 0 Å². The molecule has 4 aromatic rings. The summed E-state index contributed by atoms with van der Waals surface area (Å²) in [5, 5.41) is 2.96. The van der Waals surface area contributed by atoms with Gasteiger partial charge < -0.3 is 15.0 Å². The van der Waals surface area contributed by atoms with Gasteiger partial charge in [-0.1, -0.05) is 81.4 Å². The molecule has 4 aromatic carbocycles. The van der Waals surface area contributed by atoms with Crippen molar-refractivity contribution < 1.29 is 22.7 Å². The molecule has 1 N–H and O–H groups in total. The Labute approximate surface area is 266 Å². The molecule has 236 valence electrons. The minimum Gasteiger partial charge on any atom is -0.457 e. The lowest BCUT2D eigenvalue weighted by Crippen LogP contribution is -2.52. The molecule has 0 aliphatic rings. The van der Waals surface area contributed by atoms with Gasteiger partial charge in [0, 0.05) is 13.1 Å². The van der Waals surface area contributed by atoms with Crippen molar-refractivity contribution in [1.82, 2.24) is 10.2 Å². The summed E-state index contributed by atoms with van der Waals surface area (Å²) in [6, 6.07) is 30.7. The maximum atomic E-state index is 14.3. The fourth-order valence-corrected chi connectivity index (χ4v) is 6.30. The lowest BCUT2D eigenvalue weighted by atomic mass is 10.1. The Bertz CT molecular complexity index is 1660. The fourth-order valence-electron chi connectivity index (χ4n) is 4.87. The Kier molecular flexibility index (Phi) is 11.4. The number of hydrogen-bond donors (Lipinski definition) is 1. The zero-order valence-corrected chi connectivity index (χ0v) is 27.0. The van der Waals surface area contributed by atoms with Gasteiger partial charge in [0.15, 0.2) is 0 Å². The van der Waals surface area contributed by atoms with Gasteiger partial charge in [0.1, 0.15) is 24.1 Å². The summed E-state index contributed by atoms with van der Waals surface area (Å²) in [7, 11) is -4.17. The van der Waals surface area contributed by atoms with Gasteiger partial charge in [0.2, 0.25) is 11.8 Å². The number of carbonyl (C=O) groups is 2. The number of anilines is 1. The van der Waals surface area contributed by atoms with E-state index in [-0.39, 0.29) is 23.3 Å². The molecule has 9 heteroatoms. The molecule has 0 spiro atoms. The highest BCUT2D eigenvalue weighted by molar-refractivity contribution is 7.92. The minimum atomic E-state index is -4.17. The maximum absolute atomic E-state index is 14.3. The Balaban J connectivity index is 1.71. The number of nitrogens with zero attached hydrogens (tertiary/aromatic N) is 2. The predicted octanol–water partition coefficient (Wildman–Crippen LogP) is 6.56. The smallest absolute Gasteiger partial charge is 0.264 e. The number of rotatable bonds is 14. The van der Waals surface area contributed by atoms with E-state index in [1.807, 2.05) is 82.3 Å². The Morgan fingerprint density at radius 3 is 1.98 bits per heavy atom. The van der Waals surface area contributed by atoms with Crippen LogP contribution in [-0.2, 0) is 26.2 Å². The summed E-state index contributed by atoms with van der Waals surface area (Å²) in [5.74, 6) is 0.624. The van der Waals surface area contributed by atoms with Crippen LogP contribution in [0, 0.1) is 12.8 Å². The summed E-state index contributed by atoms with van der Waals surface area (Å²) >= 11 is 0. The molecule has 1 unspecified atom stereocenters. The second-order valence-corrected chi connectivity index (χ2v) is 13.1. The molecule has 0 radical (unpaired) electrons. The first-order valence-corrected chi connectivity index (χ1v) is 16.6. The molecule has 0 aliphatic heterocycles. The molecule has 1 atom stereocenters. The Morgan fingerprint density at radius 1 is 0.800 bits per heavy atom. The zero-order valence-electron chi connectivity index (χ0n) is 26.2. The molecule has 0 saturated heterocycles. The summed E-state index contributed by atoms with van der Waals surface area (Å²) in [6.45, 7) is 7.91. The Hall–Kier alpha value is -4.63. The van der Waals surface area contributed by atoms with Gasteiger partial charge in [-0.3, -0.25) is 13.9 Å². The van der Waals surface area contributed by atoms with Gasteiger partial charge in [-0.2, -0.15) is 0 Å². The van der Waals surface area contributed by atoms with Crippen LogP contribution in [0.1, 0.15) is 38.3 Å². The van der Waals surface area contributed by atoms with Crippen molar-refractivity contribution in [1.29, 1.82) is 0 Å². The highest BCUT2D eigenvalue weighted by Crippen LogP contribution is 2.29. The number of ether oxygens (including phenoxy) is 1. The molecular formula is C36H41N3O5S. The number of benzene rings is 4. The van der Waals surface area contributed by atoms with E-state index in [4.69, 9.17) is 4.74 Å². The average Bonchev–Trinajstić information content (AvgIpc) is 3.04. The van der Waals surface area contributed by atoms with Crippen LogP contribution < -0.4 is 14.4 Å². The number of nitrogens with one attached hydrogen (secondary N) is 1. The van der Waals surface area contributed by atoms with Gasteiger partial charge in [0.05, 0.1) is 10.6 Å². The number of carbonyl (C=O) groups excluding carboxylic acids is 2. The highest BCUT2D eigenvalue weighted by atomic mass is 32.2. The molecule has 0 bridgehead atoms. The highest BCUT2D eigenvalue weighted by Gasteiger charge is 2.34. The summed E-state index contributed by atoms with van der Waals surface area (Å²) in [6.07, 6.45) is 0.360. The number of aryl methyl sites for hydroxylation is 1. The number of amides is 2. The van der Waals surface area contributed by atoms with Crippen LogP contribution in [0.4, 0.5) is 5.69 Å². The normalized spacial score (nSPS) is 11.9. The van der Waals surface area contributed by atoms with Gasteiger partial charge in [-0.15, -0.1) is 0 Å². The third-order valence-corrected chi connectivity index (χ3v) is 9.17. The third-order valence-electron chi connectivity index (χ3n) is 7.39. The quantitative estimate of drug-likeness (QED) is 0.171. The Morgan fingerprint density at radius 2 is 1.38 bits per heavy atom. The fraction of sp³-hybridized carbons (Fsp3) is 0.278. The van der Waals surface area contributed by atoms with Crippen LogP contribution in [0.15, 0.2) is 114 Å². The van der Waals surface area contributed by atoms with Crippen LogP contribution in [0.3, 0.4) is 0 Å². The van der Waals surface area contributed by atoms with E-state index in [0.29, 0.717) is 30.2 Å². The molecule has 0 fully saturated rings. The van der Waals surface area contributed by atoms with Crippen molar-refractivity contribution in [3.05, 3.63) is 120 Å². The maximum Gasteiger partial charge on any atom is 0.264 e. The van der Waals surface area contributed by atoms with Gasteiger partial charge in [-0.05, 0) is 78.9 Å². The largest absolute Gasteiger partial charge is 0.457 e. The molecule has 4 rings (SSSR count). The number of hydrogen-bond acceptors (Lipinski definition) is 5. The molecular weight excluding hydrogens is 586 g/mol. The lowest BCUT2D eigenvalue weighted by Gasteiger charge is -2.33. The first-order chi connectivity index (χ1) is 21.6. The summed E-state index contributed by atoms with van der Waals surface area (Å²) in [4.78, 5) is 29.2. The van der Waals surface area contributed by atoms with E-state index in [0.717, 1.165) is 15.4 Å². The number of sulfonamides is 1. The van der Waals surface area contributed by atoms with Gasteiger partial charge in [-0.25, -0.2) is 8.42 Å².